The quantitative estimate of drug-likeness (QED) is 0.674. The average molecular weight is 498 g/mol. The first kappa shape index (κ1) is 23.6. The van der Waals surface area contributed by atoms with Gasteiger partial charge < -0.3 is 10.1 Å². The molecule has 1 saturated heterocycles. The third-order valence-corrected chi connectivity index (χ3v) is 8.81. The molecule has 0 bridgehead atoms. The van der Waals surface area contributed by atoms with Crippen LogP contribution in [-0.2, 0) is 31.2 Å². The van der Waals surface area contributed by atoms with Gasteiger partial charge in [0.15, 0.2) is 0 Å². The highest BCUT2D eigenvalue weighted by Crippen LogP contribution is 2.35. The first-order chi connectivity index (χ1) is 15.5. The highest BCUT2D eigenvalue weighted by Gasteiger charge is 2.33. The topological polar surface area (TPSA) is 113 Å². The van der Waals surface area contributed by atoms with Crippen LogP contribution < -0.4 is 9.62 Å². The van der Waals surface area contributed by atoms with E-state index in [1.54, 1.807) is 19.1 Å². The maximum Gasteiger partial charge on any atom is 0.255 e. The van der Waals surface area contributed by atoms with Gasteiger partial charge in [-0.05, 0) is 55.3 Å². The second-order valence-corrected chi connectivity index (χ2v) is 11.8. The van der Waals surface area contributed by atoms with Crippen molar-refractivity contribution in [1.82, 2.24) is 4.31 Å². The summed E-state index contributed by atoms with van der Waals surface area (Å²) >= 11 is 0. The zero-order valence-corrected chi connectivity index (χ0v) is 19.7. The molecule has 1 atom stereocenters. The lowest BCUT2D eigenvalue weighted by molar-refractivity contribution is 0.0729. The number of fused-ring (bicyclic) bond motifs is 1. The van der Waals surface area contributed by atoms with Gasteiger partial charge in [0.1, 0.15) is 10.7 Å². The molecule has 12 heteroatoms. The van der Waals surface area contributed by atoms with Crippen molar-refractivity contribution in [2.45, 2.75) is 24.3 Å². The van der Waals surface area contributed by atoms with E-state index in [1.165, 1.54) is 16.4 Å². The number of benzene rings is 2. The maximum atomic E-state index is 14.4. The third kappa shape index (κ3) is 4.60. The molecular weight excluding hydrogens is 473 g/mol. The molecule has 1 fully saturated rings. The first-order valence-corrected chi connectivity index (χ1v) is 13.6. The summed E-state index contributed by atoms with van der Waals surface area (Å²) < 4.78 is 71.9. The van der Waals surface area contributed by atoms with Gasteiger partial charge >= 0.3 is 0 Å². The van der Waals surface area contributed by atoms with Crippen molar-refractivity contribution in [2.75, 3.05) is 42.2 Å². The number of nitrogens with one attached hydrogen (secondary N) is 1. The van der Waals surface area contributed by atoms with Crippen LogP contribution in [0, 0.1) is 5.82 Å². The molecule has 0 aliphatic carbocycles. The van der Waals surface area contributed by atoms with Crippen LogP contribution in [-0.4, -0.2) is 65.6 Å². The molecule has 9 nitrogen and oxygen atoms in total. The lowest BCUT2D eigenvalue weighted by Crippen LogP contribution is -2.40. The van der Waals surface area contributed by atoms with Gasteiger partial charge in [0, 0.05) is 30.4 Å². The van der Waals surface area contributed by atoms with Gasteiger partial charge in [0.25, 0.3) is 5.91 Å². The Bertz CT molecular complexity index is 1310. The zero-order valence-electron chi connectivity index (χ0n) is 18.1. The van der Waals surface area contributed by atoms with E-state index in [2.05, 4.69) is 5.32 Å². The highest BCUT2D eigenvalue weighted by molar-refractivity contribution is 7.92. The standard InChI is InChI=1S/C21H24FN3O6S2/c1-14-11-16-12-15(3-6-19(16)25(14)32(2,27)28)21(26)23-17-4-5-18(22)20(13-17)33(29,30)24-7-9-31-10-8-24/h3-6,12-14H,7-11H2,1-2H3,(H,23,26). The number of amides is 1. The molecule has 33 heavy (non-hydrogen) atoms. The number of anilines is 2. The van der Waals surface area contributed by atoms with Crippen molar-refractivity contribution in [2.24, 2.45) is 0 Å². The van der Waals surface area contributed by atoms with E-state index in [9.17, 15) is 26.0 Å². The SMILES string of the molecule is CC1Cc2cc(C(=O)Nc3ccc(F)c(S(=O)(=O)N4CCOCC4)c3)ccc2N1S(C)(=O)=O. The average Bonchev–Trinajstić information content (AvgIpc) is 3.10. The Morgan fingerprint density at radius 1 is 1.09 bits per heavy atom. The summed E-state index contributed by atoms with van der Waals surface area (Å²) in [4.78, 5) is 12.3. The number of ether oxygens (including phenoxy) is 1. The van der Waals surface area contributed by atoms with Crippen molar-refractivity contribution in [3.05, 3.63) is 53.3 Å². The van der Waals surface area contributed by atoms with Crippen LogP contribution in [0.2, 0.25) is 0 Å². The third-order valence-electron chi connectivity index (χ3n) is 5.63. The highest BCUT2D eigenvalue weighted by atomic mass is 32.2. The van der Waals surface area contributed by atoms with E-state index < -0.39 is 36.7 Å². The largest absolute Gasteiger partial charge is 0.379 e. The van der Waals surface area contributed by atoms with Crippen LogP contribution in [0.3, 0.4) is 0 Å². The normalized spacial score (nSPS) is 19.4. The predicted octanol–water partition coefficient (Wildman–Crippen LogP) is 1.81. The number of morpholine rings is 1. The van der Waals surface area contributed by atoms with E-state index in [-0.39, 0.29) is 43.6 Å². The molecular formula is C21H24FN3O6S2. The number of nitrogens with zero attached hydrogens (tertiary/aromatic N) is 2. The van der Waals surface area contributed by atoms with E-state index in [4.69, 9.17) is 4.74 Å². The van der Waals surface area contributed by atoms with E-state index in [0.717, 1.165) is 28.3 Å². The van der Waals surface area contributed by atoms with E-state index in [0.29, 0.717) is 12.1 Å². The van der Waals surface area contributed by atoms with Crippen LogP contribution in [0.15, 0.2) is 41.3 Å². The molecule has 2 aromatic rings. The fraction of sp³-hybridized carbons (Fsp3) is 0.381. The number of hydrogen-bond acceptors (Lipinski definition) is 6. The molecule has 1 unspecified atom stereocenters. The number of rotatable bonds is 5. The van der Waals surface area contributed by atoms with Gasteiger partial charge in [0.2, 0.25) is 20.0 Å². The van der Waals surface area contributed by atoms with Crippen molar-refractivity contribution >= 4 is 37.3 Å². The monoisotopic (exact) mass is 497 g/mol. The van der Waals surface area contributed by atoms with Crippen LogP contribution in [0.25, 0.3) is 0 Å². The second kappa shape index (κ2) is 8.67. The zero-order chi connectivity index (χ0) is 24.0. The fourth-order valence-corrected chi connectivity index (χ4v) is 6.92. The van der Waals surface area contributed by atoms with Gasteiger partial charge in [-0.2, -0.15) is 4.31 Å². The maximum absolute atomic E-state index is 14.4. The Labute approximate surface area is 192 Å². The number of carbonyl (C=O) groups is 1. The van der Waals surface area contributed by atoms with Crippen LogP contribution in [0.1, 0.15) is 22.8 Å². The van der Waals surface area contributed by atoms with Crippen molar-refractivity contribution in [3.8, 4) is 0 Å². The predicted molar refractivity (Wildman–Crippen MR) is 121 cm³/mol. The summed E-state index contributed by atoms with van der Waals surface area (Å²) in [6.45, 7) is 2.48. The summed E-state index contributed by atoms with van der Waals surface area (Å²) in [6, 6.07) is 7.80. The van der Waals surface area contributed by atoms with Gasteiger partial charge in [0.05, 0.1) is 25.2 Å². The number of halogens is 1. The number of hydrogen-bond donors (Lipinski definition) is 1. The Hall–Kier alpha value is -2.54. The summed E-state index contributed by atoms with van der Waals surface area (Å²) in [5, 5.41) is 2.60. The lowest BCUT2D eigenvalue weighted by Gasteiger charge is -2.26. The minimum absolute atomic E-state index is 0.121. The van der Waals surface area contributed by atoms with E-state index in [1.807, 2.05) is 0 Å². The Morgan fingerprint density at radius 2 is 1.79 bits per heavy atom. The minimum Gasteiger partial charge on any atom is -0.379 e. The number of carbonyl (C=O) groups excluding carboxylic acids is 1. The summed E-state index contributed by atoms with van der Waals surface area (Å²) in [5.41, 5.74) is 1.65. The fourth-order valence-electron chi connectivity index (χ4n) is 4.16. The Balaban J connectivity index is 1.58. The Kier molecular flexibility index (Phi) is 6.20. The molecule has 0 radical (unpaired) electrons. The second-order valence-electron chi connectivity index (χ2n) is 8.07. The van der Waals surface area contributed by atoms with Crippen molar-refractivity contribution in [3.63, 3.8) is 0 Å². The molecule has 178 valence electrons. The molecule has 1 amide bonds. The van der Waals surface area contributed by atoms with Crippen LogP contribution in [0.4, 0.5) is 15.8 Å². The summed E-state index contributed by atoms with van der Waals surface area (Å²) in [7, 11) is -7.54. The Morgan fingerprint density at radius 3 is 2.45 bits per heavy atom. The van der Waals surface area contributed by atoms with Gasteiger partial charge in [-0.15, -0.1) is 0 Å². The van der Waals surface area contributed by atoms with Gasteiger partial charge in [-0.3, -0.25) is 9.10 Å². The summed E-state index contributed by atoms with van der Waals surface area (Å²) in [6.07, 6.45) is 1.60. The molecule has 0 aromatic heterocycles. The molecule has 0 saturated carbocycles. The number of sulfonamides is 2. The molecule has 1 N–H and O–H groups in total. The minimum atomic E-state index is -4.09. The van der Waals surface area contributed by atoms with Crippen LogP contribution >= 0.6 is 0 Å². The lowest BCUT2D eigenvalue weighted by atomic mass is 10.1. The molecule has 2 aromatic carbocycles. The molecule has 0 spiro atoms. The molecule has 2 aliphatic rings. The summed E-state index contributed by atoms with van der Waals surface area (Å²) in [5.74, 6) is -1.43. The molecule has 4 rings (SSSR count). The van der Waals surface area contributed by atoms with Gasteiger partial charge in [-0.1, -0.05) is 0 Å². The first-order valence-electron chi connectivity index (χ1n) is 10.3. The van der Waals surface area contributed by atoms with Crippen molar-refractivity contribution < 1.29 is 30.8 Å². The molecule has 2 heterocycles. The van der Waals surface area contributed by atoms with Crippen LogP contribution in [0.5, 0.6) is 0 Å². The molecule has 2 aliphatic heterocycles. The smallest absolute Gasteiger partial charge is 0.255 e. The van der Waals surface area contributed by atoms with Crippen molar-refractivity contribution in [1.29, 1.82) is 0 Å². The van der Waals surface area contributed by atoms with E-state index >= 15 is 0 Å². The van der Waals surface area contributed by atoms with Gasteiger partial charge in [-0.25, -0.2) is 21.2 Å².